The number of rotatable bonds is 7. The molecule has 3 rings (SSSR count). The van der Waals surface area contributed by atoms with Crippen LogP contribution in [0.1, 0.15) is 24.1 Å². The SMILES string of the molecule is Cc1ccccc1SCC(=O)OCC(=O)NC(C)c1ccc2c(c1)OCO2. The Hall–Kier alpha value is -2.67. The summed E-state index contributed by atoms with van der Waals surface area (Å²) < 4.78 is 15.7. The normalized spacial score (nSPS) is 13.1. The summed E-state index contributed by atoms with van der Waals surface area (Å²) in [4.78, 5) is 24.9. The molecule has 1 N–H and O–H groups in total. The van der Waals surface area contributed by atoms with E-state index in [0.717, 1.165) is 16.0 Å². The number of thioether (sulfide) groups is 1. The quantitative estimate of drug-likeness (QED) is 0.581. The summed E-state index contributed by atoms with van der Waals surface area (Å²) in [7, 11) is 0. The lowest BCUT2D eigenvalue weighted by Gasteiger charge is -2.15. The Morgan fingerprint density at radius 1 is 1.19 bits per heavy atom. The summed E-state index contributed by atoms with van der Waals surface area (Å²) in [5.41, 5.74) is 1.99. The van der Waals surface area contributed by atoms with Crippen molar-refractivity contribution in [3.63, 3.8) is 0 Å². The molecule has 0 radical (unpaired) electrons. The average molecular weight is 387 g/mol. The number of benzene rings is 2. The number of fused-ring (bicyclic) bond motifs is 1. The zero-order valence-electron chi connectivity index (χ0n) is 15.2. The van der Waals surface area contributed by atoms with Crippen molar-refractivity contribution in [3.8, 4) is 11.5 Å². The molecule has 27 heavy (non-hydrogen) atoms. The van der Waals surface area contributed by atoms with Crippen LogP contribution in [0.4, 0.5) is 0 Å². The van der Waals surface area contributed by atoms with Crippen LogP contribution in [-0.2, 0) is 14.3 Å². The summed E-state index contributed by atoms with van der Waals surface area (Å²) in [6.07, 6.45) is 0. The first-order chi connectivity index (χ1) is 13.0. The predicted molar refractivity (Wildman–Crippen MR) is 102 cm³/mol. The Kier molecular flexibility index (Phi) is 6.24. The van der Waals surface area contributed by atoms with Gasteiger partial charge < -0.3 is 19.5 Å². The van der Waals surface area contributed by atoms with Gasteiger partial charge in [0.1, 0.15) is 0 Å². The molecular formula is C20H21NO5S. The molecule has 1 atom stereocenters. The zero-order chi connectivity index (χ0) is 19.2. The van der Waals surface area contributed by atoms with Crippen LogP contribution in [0.5, 0.6) is 11.5 Å². The molecule has 0 saturated heterocycles. The largest absolute Gasteiger partial charge is 0.455 e. The fourth-order valence-electron chi connectivity index (χ4n) is 2.59. The van der Waals surface area contributed by atoms with Gasteiger partial charge in [-0.25, -0.2) is 0 Å². The molecule has 2 aromatic rings. The number of nitrogens with one attached hydrogen (secondary N) is 1. The number of aryl methyl sites for hydroxylation is 1. The third kappa shape index (κ3) is 5.17. The van der Waals surface area contributed by atoms with Crippen molar-refractivity contribution >= 4 is 23.6 Å². The van der Waals surface area contributed by atoms with Crippen molar-refractivity contribution in [1.82, 2.24) is 5.32 Å². The number of esters is 1. The van der Waals surface area contributed by atoms with E-state index >= 15 is 0 Å². The lowest BCUT2D eigenvalue weighted by Crippen LogP contribution is -2.31. The first-order valence-electron chi connectivity index (χ1n) is 8.56. The molecule has 1 heterocycles. The summed E-state index contributed by atoms with van der Waals surface area (Å²) in [6, 6.07) is 13.1. The number of carbonyl (C=O) groups excluding carboxylic acids is 2. The second-order valence-corrected chi connectivity index (χ2v) is 7.13. The third-order valence-electron chi connectivity index (χ3n) is 4.08. The molecule has 2 aromatic carbocycles. The van der Waals surface area contributed by atoms with Crippen molar-refractivity contribution < 1.29 is 23.8 Å². The molecule has 0 saturated carbocycles. The van der Waals surface area contributed by atoms with Gasteiger partial charge in [-0.2, -0.15) is 0 Å². The number of hydrogen-bond acceptors (Lipinski definition) is 6. The highest BCUT2D eigenvalue weighted by molar-refractivity contribution is 8.00. The smallest absolute Gasteiger partial charge is 0.316 e. The van der Waals surface area contributed by atoms with Crippen molar-refractivity contribution in [2.75, 3.05) is 19.2 Å². The first-order valence-corrected chi connectivity index (χ1v) is 9.54. The molecule has 1 aliphatic rings. The van der Waals surface area contributed by atoms with Gasteiger partial charge in [0.05, 0.1) is 11.8 Å². The lowest BCUT2D eigenvalue weighted by molar-refractivity contribution is -0.146. The lowest BCUT2D eigenvalue weighted by atomic mass is 10.1. The maximum atomic E-state index is 12.0. The summed E-state index contributed by atoms with van der Waals surface area (Å²) in [5.74, 6) is 0.740. The van der Waals surface area contributed by atoms with Crippen LogP contribution in [0.25, 0.3) is 0 Å². The number of hydrogen-bond donors (Lipinski definition) is 1. The van der Waals surface area contributed by atoms with Crippen LogP contribution < -0.4 is 14.8 Å². The van der Waals surface area contributed by atoms with Crippen LogP contribution in [-0.4, -0.2) is 31.0 Å². The molecule has 7 heteroatoms. The van der Waals surface area contributed by atoms with E-state index < -0.39 is 5.97 Å². The standard InChI is InChI=1S/C20H21NO5S/c1-13-5-3-4-6-18(13)27-11-20(23)24-10-19(22)21-14(2)15-7-8-16-17(9-15)26-12-25-16/h3-9,14H,10-12H2,1-2H3,(H,21,22). The molecule has 0 fully saturated rings. The van der Waals surface area contributed by atoms with Crippen LogP contribution >= 0.6 is 11.8 Å². The van der Waals surface area contributed by atoms with Gasteiger partial charge in [-0.15, -0.1) is 11.8 Å². The molecule has 6 nitrogen and oxygen atoms in total. The number of ether oxygens (including phenoxy) is 3. The summed E-state index contributed by atoms with van der Waals surface area (Å²) >= 11 is 1.40. The first kappa shape index (κ1) is 19.1. The Morgan fingerprint density at radius 3 is 2.78 bits per heavy atom. The Balaban J connectivity index is 1.42. The maximum absolute atomic E-state index is 12.0. The van der Waals surface area contributed by atoms with Crippen molar-refractivity contribution in [3.05, 3.63) is 53.6 Å². The minimum Gasteiger partial charge on any atom is -0.455 e. The molecular weight excluding hydrogens is 366 g/mol. The Bertz CT molecular complexity index is 839. The van der Waals surface area contributed by atoms with Crippen LogP contribution in [0.2, 0.25) is 0 Å². The molecule has 1 aliphatic heterocycles. The van der Waals surface area contributed by atoms with Crippen LogP contribution in [0, 0.1) is 6.92 Å². The highest BCUT2D eigenvalue weighted by Gasteiger charge is 2.17. The van der Waals surface area contributed by atoms with E-state index in [9.17, 15) is 9.59 Å². The van der Waals surface area contributed by atoms with Gasteiger partial charge >= 0.3 is 5.97 Å². The van der Waals surface area contributed by atoms with Gasteiger partial charge in [0, 0.05) is 4.90 Å². The number of amides is 1. The van der Waals surface area contributed by atoms with Crippen molar-refractivity contribution in [1.29, 1.82) is 0 Å². The van der Waals surface area contributed by atoms with Crippen molar-refractivity contribution in [2.45, 2.75) is 24.8 Å². The van der Waals surface area contributed by atoms with Crippen LogP contribution in [0.3, 0.4) is 0 Å². The van der Waals surface area contributed by atoms with E-state index in [0.29, 0.717) is 11.5 Å². The van der Waals surface area contributed by atoms with Gasteiger partial charge in [-0.1, -0.05) is 24.3 Å². The zero-order valence-corrected chi connectivity index (χ0v) is 16.0. The highest BCUT2D eigenvalue weighted by Crippen LogP contribution is 2.34. The van der Waals surface area contributed by atoms with E-state index in [4.69, 9.17) is 14.2 Å². The minimum absolute atomic E-state index is 0.163. The molecule has 0 spiro atoms. The van der Waals surface area contributed by atoms with Crippen LogP contribution in [0.15, 0.2) is 47.4 Å². The van der Waals surface area contributed by atoms with Gasteiger partial charge in [0.25, 0.3) is 5.91 Å². The Labute approximate surface area is 162 Å². The van der Waals surface area contributed by atoms with Gasteiger partial charge in [-0.3, -0.25) is 9.59 Å². The second-order valence-electron chi connectivity index (χ2n) is 6.12. The molecule has 1 amide bonds. The minimum atomic E-state index is -0.422. The topological polar surface area (TPSA) is 73.9 Å². The number of carbonyl (C=O) groups is 2. The third-order valence-corrected chi connectivity index (χ3v) is 5.23. The second kappa shape index (κ2) is 8.81. The van der Waals surface area contributed by atoms with Crippen molar-refractivity contribution in [2.24, 2.45) is 0 Å². The fourth-order valence-corrected chi connectivity index (χ4v) is 3.42. The maximum Gasteiger partial charge on any atom is 0.316 e. The molecule has 1 unspecified atom stereocenters. The molecule has 142 valence electrons. The average Bonchev–Trinajstić information content (AvgIpc) is 3.13. The predicted octanol–water partition coefficient (Wildman–Crippen LogP) is 3.24. The van der Waals surface area contributed by atoms with E-state index in [2.05, 4.69) is 5.32 Å². The summed E-state index contributed by atoms with van der Waals surface area (Å²) in [6.45, 7) is 3.74. The molecule has 0 aliphatic carbocycles. The molecule has 0 bridgehead atoms. The Morgan fingerprint density at radius 2 is 1.96 bits per heavy atom. The van der Waals surface area contributed by atoms with Gasteiger partial charge in [0.2, 0.25) is 6.79 Å². The van der Waals surface area contributed by atoms with E-state index in [1.54, 1.807) is 0 Å². The monoisotopic (exact) mass is 387 g/mol. The fraction of sp³-hybridized carbons (Fsp3) is 0.300. The van der Waals surface area contributed by atoms with E-state index in [-0.39, 0.29) is 31.1 Å². The van der Waals surface area contributed by atoms with E-state index in [1.165, 1.54) is 11.8 Å². The summed E-state index contributed by atoms with van der Waals surface area (Å²) in [5, 5.41) is 2.81. The van der Waals surface area contributed by atoms with Gasteiger partial charge in [-0.05, 0) is 43.2 Å². The van der Waals surface area contributed by atoms with Gasteiger partial charge in [0.15, 0.2) is 18.1 Å². The van der Waals surface area contributed by atoms with E-state index in [1.807, 2.05) is 56.3 Å². The highest BCUT2D eigenvalue weighted by atomic mass is 32.2. The molecule has 0 aromatic heterocycles.